The number of rotatable bonds is 3. The number of hydrogen-bond donors (Lipinski definition) is 1. The van der Waals surface area contributed by atoms with Crippen LogP contribution in [0.3, 0.4) is 0 Å². The van der Waals surface area contributed by atoms with Gasteiger partial charge in [0.05, 0.1) is 18.5 Å². The fraction of sp³-hybridized carbons (Fsp3) is 0.714. The third-order valence-electron chi connectivity index (χ3n) is 1.80. The third kappa shape index (κ3) is 2.10. The largest absolute Gasteiger partial charge is 0.390 e. The highest BCUT2D eigenvalue weighted by Gasteiger charge is 2.34. The Hall–Kier alpha value is -0.810. The molecule has 0 spiro atoms. The Morgan fingerprint density at radius 3 is 2.62 bits per heavy atom. The maximum absolute atomic E-state index is 11.2. The van der Waals surface area contributed by atoms with Crippen LogP contribution < -0.4 is 0 Å². The Labute approximate surface area is 80.9 Å². The van der Waals surface area contributed by atoms with Crippen LogP contribution in [-0.4, -0.2) is 59.0 Å². The van der Waals surface area contributed by atoms with E-state index in [4.69, 9.17) is 16.7 Å². The fourth-order valence-corrected chi connectivity index (χ4v) is 1.21. The van der Waals surface area contributed by atoms with Crippen LogP contribution in [0.25, 0.3) is 0 Å². The Balaban J connectivity index is 2.59. The van der Waals surface area contributed by atoms with E-state index >= 15 is 0 Å². The zero-order valence-electron chi connectivity index (χ0n) is 7.23. The van der Waals surface area contributed by atoms with Crippen LogP contribution in [0.15, 0.2) is 0 Å². The molecule has 1 heterocycles. The quantitative estimate of drug-likeness (QED) is 0.499. The minimum Gasteiger partial charge on any atom is -0.390 e. The SMILES string of the molecule is CN1CC(=O)N(CC(O)CCl)C1=O. The highest BCUT2D eigenvalue weighted by molar-refractivity contribution is 6.18. The summed E-state index contributed by atoms with van der Waals surface area (Å²) in [5.41, 5.74) is 0. The van der Waals surface area contributed by atoms with Gasteiger partial charge >= 0.3 is 6.03 Å². The van der Waals surface area contributed by atoms with Gasteiger partial charge in [-0.1, -0.05) is 0 Å². The van der Waals surface area contributed by atoms with Gasteiger partial charge in [-0.15, -0.1) is 11.6 Å². The molecule has 0 aromatic heterocycles. The summed E-state index contributed by atoms with van der Waals surface area (Å²) in [6, 6.07) is -0.380. The van der Waals surface area contributed by atoms with E-state index in [0.717, 1.165) is 4.90 Å². The van der Waals surface area contributed by atoms with Gasteiger partial charge in [0.25, 0.3) is 0 Å². The first-order valence-corrected chi connectivity index (χ1v) is 4.39. The zero-order chi connectivity index (χ0) is 10.0. The highest BCUT2D eigenvalue weighted by Crippen LogP contribution is 2.08. The summed E-state index contributed by atoms with van der Waals surface area (Å²) in [5, 5.41) is 9.14. The van der Waals surface area contributed by atoms with Crippen molar-refractivity contribution in [1.82, 2.24) is 9.80 Å². The highest BCUT2D eigenvalue weighted by atomic mass is 35.5. The molecule has 0 saturated carbocycles. The second-order valence-electron chi connectivity index (χ2n) is 2.95. The van der Waals surface area contributed by atoms with Gasteiger partial charge in [-0.3, -0.25) is 9.69 Å². The number of aliphatic hydroxyl groups excluding tert-OH is 1. The number of carbonyl (C=O) groups excluding carboxylic acids is 2. The number of imide groups is 1. The number of likely N-dealkylation sites (N-methyl/N-ethyl adjacent to an activating group) is 1. The molecule has 1 saturated heterocycles. The van der Waals surface area contributed by atoms with Crippen LogP contribution in [0.2, 0.25) is 0 Å². The minimum atomic E-state index is -0.846. The molecule has 0 radical (unpaired) electrons. The molecule has 1 aliphatic rings. The number of aliphatic hydroxyl groups is 1. The molecule has 6 heteroatoms. The van der Waals surface area contributed by atoms with Gasteiger partial charge in [0.2, 0.25) is 5.91 Å². The van der Waals surface area contributed by atoms with Crippen molar-refractivity contribution >= 4 is 23.5 Å². The van der Waals surface area contributed by atoms with E-state index in [0.29, 0.717) is 0 Å². The number of β-amino-alcohol motifs (C(OH)–C–C–N with tert-alkyl or cyclic N) is 1. The summed E-state index contributed by atoms with van der Waals surface area (Å²) in [6.07, 6.45) is -0.846. The van der Waals surface area contributed by atoms with E-state index in [1.54, 1.807) is 0 Å². The first-order chi connectivity index (χ1) is 6.06. The molecule has 1 unspecified atom stereocenters. The average Bonchev–Trinajstić information content (AvgIpc) is 2.32. The monoisotopic (exact) mass is 206 g/mol. The number of halogens is 1. The number of nitrogens with zero attached hydrogens (tertiary/aromatic N) is 2. The Kier molecular flexibility index (Phi) is 3.11. The van der Waals surface area contributed by atoms with Crippen LogP contribution in [0, 0.1) is 0 Å². The third-order valence-corrected chi connectivity index (χ3v) is 2.16. The van der Waals surface area contributed by atoms with Crippen molar-refractivity contribution in [3.8, 4) is 0 Å². The molecule has 13 heavy (non-hydrogen) atoms. The van der Waals surface area contributed by atoms with Crippen molar-refractivity contribution in [3.63, 3.8) is 0 Å². The standard InChI is InChI=1S/C7H11ClN2O3/c1-9-4-6(12)10(7(9)13)3-5(11)2-8/h5,11H,2-4H2,1H3. The Morgan fingerprint density at radius 1 is 1.62 bits per heavy atom. The lowest BCUT2D eigenvalue weighted by atomic mass is 10.4. The van der Waals surface area contributed by atoms with Gasteiger partial charge < -0.3 is 10.0 Å². The lowest BCUT2D eigenvalue weighted by Crippen LogP contribution is -2.38. The van der Waals surface area contributed by atoms with Crippen LogP contribution in [-0.2, 0) is 4.79 Å². The maximum atomic E-state index is 11.2. The molecule has 1 rings (SSSR count). The minimum absolute atomic E-state index is 0.0147. The number of carbonyl (C=O) groups is 2. The molecule has 1 atom stereocenters. The van der Waals surface area contributed by atoms with E-state index in [1.807, 2.05) is 0 Å². The molecule has 0 aromatic rings. The molecule has 0 bridgehead atoms. The smallest absolute Gasteiger partial charge is 0.327 e. The Morgan fingerprint density at radius 2 is 2.23 bits per heavy atom. The van der Waals surface area contributed by atoms with Gasteiger partial charge in [-0.05, 0) is 0 Å². The molecule has 5 nitrogen and oxygen atoms in total. The van der Waals surface area contributed by atoms with Gasteiger partial charge in [-0.25, -0.2) is 4.79 Å². The lowest BCUT2D eigenvalue weighted by molar-refractivity contribution is -0.126. The summed E-state index contributed by atoms with van der Waals surface area (Å²) in [7, 11) is 1.54. The van der Waals surface area contributed by atoms with Crippen LogP contribution in [0.4, 0.5) is 4.79 Å². The van der Waals surface area contributed by atoms with Gasteiger partial charge in [0, 0.05) is 7.05 Å². The average molecular weight is 207 g/mol. The maximum Gasteiger partial charge on any atom is 0.327 e. The fourth-order valence-electron chi connectivity index (χ4n) is 1.11. The summed E-state index contributed by atoms with van der Waals surface area (Å²) in [5.74, 6) is -0.280. The van der Waals surface area contributed by atoms with Crippen molar-refractivity contribution in [2.75, 3.05) is 26.0 Å². The number of urea groups is 1. The molecule has 3 amide bonds. The lowest BCUT2D eigenvalue weighted by Gasteiger charge is -2.16. The molecule has 0 aromatic carbocycles. The van der Waals surface area contributed by atoms with E-state index < -0.39 is 6.10 Å². The molecule has 0 aliphatic carbocycles. The van der Waals surface area contributed by atoms with E-state index in [9.17, 15) is 9.59 Å². The van der Waals surface area contributed by atoms with Gasteiger partial charge in [0.15, 0.2) is 0 Å². The summed E-state index contributed by atoms with van der Waals surface area (Å²) in [4.78, 5) is 24.7. The van der Waals surface area contributed by atoms with E-state index in [2.05, 4.69) is 0 Å². The van der Waals surface area contributed by atoms with E-state index in [1.165, 1.54) is 11.9 Å². The molecule has 1 aliphatic heterocycles. The summed E-state index contributed by atoms with van der Waals surface area (Å²) in [6.45, 7) is 0.0549. The van der Waals surface area contributed by atoms with E-state index in [-0.39, 0.29) is 30.9 Å². The van der Waals surface area contributed by atoms with Gasteiger partial charge in [0.1, 0.15) is 6.54 Å². The number of amides is 3. The molecule has 1 fully saturated rings. The number of alkyl halides is 1. The van der Waals surface area contributed by atoms with Crippen molar-refractivity contribution in [2.24, 2.45) is 0 Å². The van der Waals surface area contributed by atoms with Gasteiger partial charge in [-0.2, -0.15) is 0 Å². The van der Waals surface area contributed by atoms with Crippen LogP contribution in [0.5, 0.6) is 0 Å². The molecular weight excluding hydrogens is 196 g/mol. The van der Waals surface area contributed by atoms with Crippen molar-refractivity contribution in [2.45, 2.75) is 6.10 Å². The van der Waals surface area contributed by atoms with Crippen molar-refractivity contribution in [1.29, 1.82) is 0 Å². The second kappa shape index (κ2) is 3.93. The molecule has 1 N–H and O–H groups in total. The van der Waals surface area contributed by atoms with Crippen LogP contribution >= 0.6 is 11.6 Å². The first-order valence-electron chi connectivity index (χ1n) is 3.85. The first kappa shape index (κ1) is 10.3. The summed E-state index contributed by atoms with van der Waals surface area (Å²) >= 11 is 5.35. The zero-order valence-corrected chi connectivity index (χ0v) is 7.99. The molecular formula is C7H11ClN2O3. The number of hydrogen-bond acceptors (Lipinski definition) is 3. The summed E-state index contributed by atoms with van der Waals surface area (Å²) < 4.78 is 0. The van der Waals surface area contributed by atoms with Crippen molar-refractivity contribution in [3.05, 3.63) is 0 Å². The normalized spacial score (nSPS) is 19.9. The van der Waals surface area contributed by atoms with Crippen molar-refractivity contribution < 1.29 is 14.7 Å². The predicted octanol–water partition coefficient (Wildman–Crippen LogP) is -0.520. The predicted molar refractivity (Wildman–Crippen MR) is 46.5 cm³/mol. The molecule has 74 valence electrons. The van der Waals surface area contributed by atoms with Crippen LogP contribution in [0.1, 0.15) is 0 Å². The second-order valence-corrected chi connectivity index (χ2v) is 3.26. The Bertz CT molecular complexity index is 234. The topological polar surface area (TPSA) is 60.9 Å².